The van der Waals surface area contributed by atoms with Crippen LogP contribution in [0.2, 0.25) is 0 Å². The van der Waals surface area contributed by atoms with Crippen molar-refractivity contribution in [1.29, 1.82) is 0 Å². The molecule has 16 heavy (non-hydrogen) atoms. The van der Waals surface area contributed by atoms with Gasteiger partial charge >= 0.3 is 4.83 Å². The fraction of sp³-hybridized carbons (Fsp3) is 1.00. The van der Waals surface area contributed by atoms with Crippen LogP contribution in [0.4, 0.5) is 8.78 Å². The van der Waals surface area contributed by atoms with Gasteiger partial charge in [0.05, 0.1) is 0 Å². The minimum atomic E-state index is -3.15. The van der Waals surface area contributed by atoms with Gasteiger partial charge in [-0.15, -0.1) is 0 Å². The highest BCUT2D eigenvalue weighted by Gasteiger charge is 2.42. The molecule has 1 atom stereocenters. The standard InChI is InChI=1S/C12H21BrF2O/c1-11(2,3)9-6-4-8(5-7-9)10(16)12(13,14)15/h8-10,16H,4-7H2,1-3H3. The molecule has 1 saturated carbocycles. The van der Waals surface area contributed by atoms with Crippen LogP contribution in [0, 0.1) is 17.3 Å². The Morgan fingerprint density at radius 3 is 1.88 bits per heavy atom. The molecule has 1 N–H and O–H groups in total. The van der Waals surface area contributed by atoms with Gasteiger partial charge in [0.25, 0.3) is 0 Å². The molecule has 0 aromatic rings. The van der Waals surface area contributed by atoms with Crippen molar-refractivity contribution in [2.45, 2.75) is 57.4 Å². The molecule has 1 unspecified atom stereocenters. The topological polar surface area (TPSA) is 20.2 Å². The smallest absolute Gasteiger partial charge is 0.326 e. The first kappa shape index (κ1) is 14.4. The molecule has 4 heteroatoms. The van der Waals surface area contributed by atoms with Gasteiger partial charge in [0.2, 0.25) is 0 Å². The lowest BCUT2D eigenvalue weighted by Crippen LogP contribution is -2.38. The molecule has 1 rings (SSSR count). The summed E-state index contributed by atoms with van der Waals surface area (Å²) in [6.45, 7) is 6.56. The zero-order chi connectivity index (χ0) is 12.6. The Balaban J connectivity index is 2.50. The number of rotatable bonds is 2. The Kier molecular flexibility index (Phi) is 4.39. The van der Waals surface area contributed by atoms with E-state index in [0.717, 1.165) is 12.8 Å². The Bertz CT molecular complexity index is 224. The zero-order valence-corrected chi connectivity index (χ0v) is 11.7. The number of hydrogen-bond acceptors (Lipinski definition) is 1. The monoisotopic (exact) mass is 298 g/mol. The van der Waals surface area contributed by atoms with E-state index in [-0.39, 0.29) is 11.3 Å². The van der Waals surface area contributed by atoms with E-state index in [1.165, 1.54) is 0 Å². The molecule has 0 spiro atoms. The van der Waals surface area contributed by atoms with Crippen molar-refractivity contribution in [2.75, 3.05) is 0 Å². The quantitative estimate of drug-likeness (QED) is 0.758. The summed E-state index contributed by atoms with van der Waals surface area (Å²) in [6, 6.07) is 0. The van der Waals surface area contributed by atoms with Gasteiger partial charge in [0.1, 0.15) is 6.10 Å². The van der Waals surface area contributed by atoms with E-state index in [1.54, 1.807) is 0 Å². The van der Waals surface area contributed by atoms with Gasteiger partial charge < -0.3 is 5.11 Å². The summed E-state index contributed by atoms with van der Waals surface area (Å²) in [5.74, 6) is 0.313. The van der Waals surface area contributed by atoms with Crippen LogP contribution in [-0.2, 0) is 0 Å². The van der Waals surface area contributed by atoms with Gasteiger partial charge in [0.15, 0.2) is 0 Å². The van der Waals surface area contributed by atoms with Crippen molar-refractivity contribution in [1.82, 2.24) is 0 Å². The summed E-state index contributed by atoms with van der Waals surface area (Å²) >= 11 is 2.25. The molecule has 0 saturated heterocycles. The highest BCUT2D eigenvalue weighted by atomic mass is 79.9. The highest BCUT2D eigenvalue weighted by molar-refractivity contribution is 9.10. The first-order valence-electron chi connectivity index (χ1n) is 5.87. The SMILES string of the molecule is CC(C)(C)C1CCC(C(O)C(F)(F)Br)CC1. The van der Waals surface area contributed by atoms with Crippen LogP contribution in [0.25, 0.3) is 0 Å². The van der Waals surface area contributed by atoms with E-state index < -0.39 is 10.9 Å². The second-order valence-corrected chi connectivity index (χ2v) is 7.02. The third-order valence-electron chi connectivity index (χ3n) is 3.78. The molecule has 0 radical (unpaired) electrons. The molecule has 0 aromatic carbocycles. The first-order chi connectivity index (χ1) is 7.12. The predicted molar refractivity (Wildman–Crippen MR) is 64.8 cm³/mol. The van der Waals surface area contributed by atoms with Crippen molar-refractivity contribution in [3.63, 3.8) is 0 Å². The first-order valence-corrected chi connectivity index (χ1v) is 6.66. The minimum Gasteiger partial charge on any atom is -0.386 e. The fourth-order valence-electron chi connectivity index (χ4n) is 2.57. The van der Waals surface area contributed by atoms with E-state index in [2.05, 4.69) is 36.7 Å². The molecular formula is C12H21BrF2O. The minimum absolute atomic E-state index is 0.243. The predicted octanol–water partition coefficient (Wildman–Crippen LogP) is 4.19. The lowest BCUT2D eigenvalue weighted by molar-refractivity contribution is -0.0728. The van der Waals surface area contributed by atoms with Crippen LogP contribution >= 0.6 is 15.9 Å². The lowest BCUT2D eigenvalue weighted by atomic mass is 9.69. The van der Waals surface area contributed by atoms with Crippen molar-refractivity contribution in [3.8, 4) is 0 Å². The molecule has 0 aromatic heterocycles. The van der Waals surface area contributed by atoms with Crippen LogP contribution in [0.3, 0.4) is 0 Å². The fourth-order valence-corrected chi connectivity index (χ4v) is 2.94. The Morgan fingerprint density at radius 2 is 1.56 bits per heavy atom. The number of aliphatic hydroxyl groups is 1. The van der Waals surface area contributed by atoms with Crippen molar-refractivity contribution >= 4 is 15.9 Å². The normalized spacial score (nSPS) is 30.2. The van der Waals surface area contributed by atoms with E-state index in [1.807, 2.05) is 0 Å². The molecule has 96 valence electrons. The molecule has 0 amide bonds. The molecule has 1 aliphatic rings. The maximum atomic E-state index is 12.9. The van der Waals surface area contributed by atoms with Gasteiger partial charge in [-0.3, -0.25) is 0 Å². The summed E-state index contributed by atoms with van der Waals surface area (Å²) in [7, 11) is 0. The van der Waals surface area contributed by atoms with Crippen LogP contribution in [0.1, 0.15) is 46.5 Å². The second-order valence-electron chi connectivity index (χ2n) is 5.96. The van der Waals surface area contributed by atoms with Crippen molar-refractivity contribution in [2.24, 2.45) is 17.3 Å². The number of halogens is 3. The van der Waals surface area contributed by atoms with Crippen LogP contribution in [-0.4, -0.2) is 16.0 Å². The molecule has 1 nitrogen and oxygen atoms in total. The van der Waals surface area contributed by atoms with Crippen molar-refractivity contribution < 1.29 is 13.9 Å². The van der Waals surface area contributed by atoms with Gasteiger partial charge in [0, 0.05) is 0 Å². The van der Waals surface area contributed by atoms with E-state index in [0.29, 0.717) is 18.8 Å². The van der Waals surface area contributed by atoms with E-state index in [9.17, 15) is 13.9 Å². The van der Waals surface area contributed by atoms with E-state index in [4.69, 9.17) is 0 Å². The molecule has 0 bridgehead atoms. The number of hydrogen-bond donors (Lipinski definition) is 1. The molecule has 0 aliphatic heterocycles. The summed E-state index contributed by atoms with van der Waals surface area (Å²) in [4.78, 5) is -3.15. The maximum Gasteiger partial charge on any atom is 0.326 e. The van der Waals surface area contributed by atoms with Crippen LogP contribution in [0.5, 0.6) is 0 Å². The number of alkyl halides is 3. The van der Waals surface area contributed by atoms with Gasteiger partial charge in [-0.1, -0.05) is 20.8 Å². The maximum absolute atomic E-state index is 12.9. The van der Waals surface area contributed by atoms with Crippen molar-refractivity contribution in [3.05, 3.63) is 0 Å². The molecule has 1 aliphatic carbocycles. The van der Waals surface area contributed by atoms with Gasteiger partial charge in [-0.2, -0.15) is 8.78 Å². The summed E-state index contributed by atoms with van der Waals surface area (Å²) in [5, 5.41) is 9.50. The average Bonchev–Trinajstić information content (AvgIpc) is 2.14. The zero-order valence-electron chi connectivity index (χ0n) is 10.1. The third kappa shape index (κ3) is 3.66. The Labute approximate surface area is 105 Å². The third-order valence-corrected chi connectivity index (χ3v) is 4.25. The van der Waals surface area contributed by atoms with Gasteiger partial charge in [-0.05, 0) is 58.9 Å². The van der Waals surface area contributed by atoms with Crippen LogP contribution < -0.4 is 0 Å². The average molecular weight is 299 g/mol. The summed E-state index contributed by atoms with van der Waals surface area (Å²) < 4.78 is 25.8. The van der Waals surface area contributed by atoms with Crippen LogP contribution in [0.15, 0.2) is 0 Å². The Hall–Kier alpha value is 0.300. The molecular weight excluding hydrogens is 278 g/mol. The molecule has 1 fully saturated rings. The highest BCUT2D eigenvalue weighted by Crippen LogP contribution is 2.43. The largest absolute Gasteiger partial charge is 0.386 e. The lowest BCUT2D eigenvalue weighted by Gasteiger charge is -2.38. The summed E-state index contributed by atoms with van der Waals surface area (Å²) in [5.41, 5.74) is 0.243. The Morgan fingerprint density at radius 1 is 1.12 bits per heavy atom. The van der Waals surface area contributed by atoms with E-state index >= 15 is 0 Å². The molecule has 0 heterocycles. The second kappa shape index (κ2) is 4.89. The van der Waals surface area contributed by atoms with Gasteiger partial charge in [-0.25, -0.2) is 0 Å². The number of aliphatic hydroxyl groups excluding tert-OH is 1. The summed E-state index contributed by atoms with van der Waals surface area (Å²) in [6.07, 6.45) is 1.73.